The van der Waals surface area contributed by atoms with Crippen LogP contribution < -0.4 is 5.73 Å². The summed E-state index contributed by atoms with van der Waals surface area (Å²) in [6.45, 7) is 1.64. The van der Waals surface area contributed by atoms with E-state index in [-0.39, 0.29) is 11.3 Å². The Morgan fingerprint density at radius 2 is 1.94 bits per heavy atom. The van der Waals surface area contributed by atoms with E-state index in [0.717, 1.165) is 0 Å². The zero-order valence-electron chi connectivity index (χ0n) is 9.71. The van der Waals surface area contributed by atoms with E-state index < -0.39 is 27.5 Å². The molecule has 1 aromatic carbocycles. The van der Waals surface area contributed by atoms with Crippen LogP contribution in [0.3, 0.4) is 0 Å². The number of sulfone groups is 1. The highest BCUT2D eigenvalue weighted by Crippen LogP contribution is 2.14. The number of hydrogen-bond donors (Lipinski definition) is 2. The third-order valence-corrected chi connectivity index (χ3v) is 3.78. The molecule has 0 aliphatic carbocycles. The molecule has 0 aliphatic rings. The molecule has 0 unspecified atom stereocenters. The molecule has 1 amide bonds. The van der Waals surface area contributed by atoms with Gasteiger partial charge in [-0.2, -0.15) is 0 Å². The number of amides is 1. The Hall–Kier alpha value is -1.89. The van der Waals surface area contributed by atoms with E-state index in [9.17, 15) is 18.0 Å². The molecule has 0 fully saturated rings. The van der Waals surface area contributed by atoms with E-state index in [0.29, 0.717) is 11.1 Å². The van der Waals surface area contributed by atoms with Crippen LogP contribution in [0.5, 0.6) is 0 Å². The summed E-state index contributed by atoms with van der Waals surface area (Å²) in [5.41, 5.74) is 6.42. The molecule has 0 atom stereocenters. The molecule has 98 valence electrons. The summed E-state index contributed by atoms with van der Waals surface area (Å²) in [5.74, 6) is -3.27. The second-order valence-corrected chi connectivity index (χ2v) is 6.00. The van der Waals surface area contributed by atoms with Gasteiger partial charge in [-0.05, 0) is 30.2 Å². The standard InChI is InChI=1S/C11H13NO5S/c1-7-4-8(11(12)15)2-3-9(7)5-18(16,17)6-10(13)14/h2-4H,5-6H2,1H3,(H2,12,15)(H,13,14). The van der Waals surface area contributed by atoms with Crippen LogP contribution in [0.1, 0.15) is 21.5 Å². The molecule has 0 heterocycles. The summed E-state index contributed by atoms with van der Waals surface area (Å²) in [4.78, 5) is 21.3. The maximum absolute atomic E-state index is 11.5. The number of carboxylic acids is 1. The van der Waals surface area contributed by atoms with Crippen LogP contribution in [-0.2, 0) is 20.4 Å². The minimum absolute atomic E-state index is 0.284. The quantitative estimate of drug-likeness (QED) is 0.787. The largest absolute Gasteiger partial charge is 0.480 e. The van der Waals surface area contributed by atoms with E-state index >= 15 is 0 Å². The summed E-state index contributed by atoms with van der Waals surface area (Å²) in [6.07, 6.45) is 0. The highest BCUT2D eigenvalue weighted by atomic mass is 32.2. The van der Waals surface area contributed by atoms with Gasteiger partial charge < -0.3 is 10.8 Å². The van der Waals surface area contributed by atoms with Gasteiger partial charge >= 0.3 is 5.97 Å². The molecule has 0 aromatic heterocycles. The first-order valence-corrected chi connectivity index (χ1v) is 6.85. The number of hydrogen-bond acceptors (Lipinski definition) is 4. The van der Waals surface area contributed by atoms with Gasteiger partial charge in [-0.25, -0.2) is 8.42 Å². The van der Waals surface area contributed by atoms with E-state index in [4.69, 9.17) is 10.8 Å². The third kappa shape index (κ3) is 3.85. The first-order chi connectivity index (χ1) is 8.21. The van der Waals surface area contributed by atoms with Crippen LogP contribution in [0.4, 0.5) is 0 Å². The number of carboxylic acid groups (broad SMARTS) is 1. The average molecular weight is 271 g/mol. The Kier molecular flexibility index (Phi) is 4.07. The summed E-state index contributed by atoms with van der Waals surface area (Å²) in [5, 5.41) is 8.47. The van der Waals surface area contributed by atoms with Crippen molar-refractivity contribution in [1.82, 2.24) is 0 Å². The van der Waals surface area contributed by atoms with Crippen molar-refractivity contribution in [3.8, 4) is 0 Å². The molecule has 6 nitrogen and oxygen atoms in total. The predicted molar refractivity (Wildman–Crippen MR) is 64.8 cm³/mol. The lowest BCUT2D eigenvalue weighted by Crippen LogP contribution is -2.18. The van der Waals surface area contributed by atoms with Crippen molar-refractivity contribution in [2.75, 3.05) is 5.75 Å². The van der Waals surface area contributed by atoms with Gasteiger partial charge in [0.2, 0.25) is 5.91 Å². The van der Waals surface area contributed by atoms with Crippen molar-refractivity contribution in [1.29, 1.82) is 0 Å². The Bertz CT molecular complexity index is 591. The lowest BCUT2D eigenvalue weighted by atomic mass is 10.1. The van der Waals surface area contributed by atoms with Gasteiger partial charge in [-0.3, -0.25) is 9.59 Å². The first kappa shape index (κ1) is 14.2. The maximum Gasteiger partial charge on any atom is 0.318 e. The summed E-state index contributed by atoms with van der Waals surface area (Å²) in [6, 6.07) is 4.36. The van der Waals surface area contributed by atoms with Crippen LogP contribution in [0.2, 0.25) is 0 Å². The fourth-order valence-corrected chi connectivity index (χ4v) is 2.76. The van der Waals surface area contributed by atoms with Crippen molar-refractivity contribution < 1.29 is 23.1 Å². The zero-order valence-corrected chi connectivity index (χ0v) is 10.5. The number of rotatable bonds is 5. The number of aryl methyl sites for hydroxylation is 1. The summed E-state index contributed by atoms with van der Waals surface area (Å²) < 4.78 is 23.0. The van der Waals surface area contributed by atoms with Gasteiger partial charge in [-0.15, -0.1) is 0 Å². The average Bonchev–Trinajstić information content (AvgIpc) is 2.18. The van der Waals surface area contributed by atoms with Gasteiger partial charge in [-0.1, -0.05) is 6.07 Å². The third-order valence-electron chi connectivity index (χ3n) is 2.35. The van der Waals surface area contributed by atoms with E-state index in [1.165, 1.54) is 18.2 Å². The van der Waals surface area contributed by atoms with Gasteiger partial charge in [0.15, 0.2) is 9.84 Å². The Balaban J connectivity index is 2.99. The van der Waals surface area contributed by atoms with Gasteiger partial charge in [0.05, 0.1) is 5.75 Å². The van der Waals surface area contributed by atoms with Crippen molar-refractivity contribution in [3.05, 3.63) is 34.9 Å². The highest BCUT2D eigenvalue weighted by Gasteiger charge is 2.18. The highest BCUT2D eigenvalue weighted by molar-refractivity contribution is 7.91. The molecule has 0 radical (unpaired) electrons. The topological polar surface area (TPSA) is 115 Å². The fourth-order valence-electron chi connectivity index (χ4n) is 1.49. The molecular formula is C11H13NO5S. The molecule has 0 aliphatic heterocycles. The lowest BCUT2D eigenvalue weighted by molar-refractivity contribution is -0.134. The molecule has 7 heteroatoms. The van der Waals surface area contributed by atoms with Crippen LogP contribution in [0, 0.1) is 6.92 Å². The molecule has 0 saturated heterocycles. The van der Waals surface area contributed by atoms with Gasteiger partial charge in [0.25, 0.3) is 0 Å². The molecule has 1 rings (SSSR count). The summed E-state index contributed by atoms with van der Waals surface area (Å²) >= 11 is 0. The van der Waals surface area contributed by atoms with Crippen molar-refractivity contribution in [3.63, 3.8) is 0 Å². The van der Waals surface area contributed by atoms with Gasteiger partial charge in [0.1, 0.15) is 5.75 Å². The number of primary amides is 1. The lowest BCUT2D eigenvalue weighted by Gasteiger charge is -2.07. The Labute approximate surface area is 104 Å². The normalized spacial score (nSPS) is 11.2. The van der Waals surface area contributed by atoms with Crippen LogP contribution in [-0.4, -0.2) is 31.2 Å². The number of aliphatic carboxylic acids is 1. The fraction of sp³-hybridized carbons (Fsp3) is 0.273. The van der Waals surface area contributed by atoms with Crippen molar-refractivity contribution in [2.24, 2.45) is 5.73 Å². The van der Waals surface area contributed by atoms with Crippen LogP contribution >= 0.6 is 0 Å². The van der Waals surface area contributed by atoms with Crippen molar-refractivity contribution >= 4 is 21.7 Å². The molecule has 3 N–H and O–H groups in total. The minimum atomic E-state index is -3.71. The minimum Gasteiger partial charge on any atom is -0.480 e. The Morgan fingerprint density at radius 3 is 2.39 bits per heavy atom. The SMILES string of the molecule is Cc1cc(C(N)=O)ccc1CS(=O)(=O)CC(=O)O. The van der Waals surface area contributed by atoms with E-state index in [2.05, 4.69) is 0 Å². The maximum atomic E-state index is 11.5. The number of carbonyl (C=O) groups excluding carboxylic acids is 1. The molecule has 0 spiro atoms. The molecule has 18 heavy (non-hydrogen) atoms. The Morgan fingerprint density at radius 1 is 1.33 bits per heavy atom. The second-order valence-electron chi connectivity index (χ2n) is 3.93. The number of nitrogens with two attached hydrogens (primary N) is 1. The molecule has 0 saturated carbocycles. The van der Waals surface area contributed by atoms with E-state index in [1.54, 1.807) is 6.92 Å². The van der Waals surface area contributed by atoms with E-state index in [1.807, 2.05) is 0 Å². The molecule has 0 bridgehead atoms. The molecular weight excluding hydrogens is 258 g/mol. The summed E-state index contributed by atoms with van der Waals surface area (Å²) in [7, 11) is -3.71. The van der Waals surface area contributed by atoms with Crippen LogP contribution in [0.25, 0.3) is 0 Å². The molecule has 1 aromatic rings. The number of benzene rings is 1. The smallest absolute Gasteiger partial charge is 0.318 e. The van der Waals surface area contributed by atoms with Gasteiger partial charge in [0, 0.05) is 5.56 Å². The zero-order chi connectivity index (χ0) is 13.9. The predicted octanol–water partition coefficient (Wildman–Crippen LogP) is 0.0933. The second kappa shape index (κ2) is 5.18. The first-order valence-electron chi connectivity index (χ1n) is 5.03. The van der Waals surface area contributed by atoms with Crippen molar-refractivity contribution in [2.45, 2.75) is 12.7 Å². The number of carbonyl (C=O) groups is 2. The van der Waals surface area contributed by atoms with Crippen LogP contribution in [0.15, 0.2) is 18.2 Å². The monoisotopic (exact) mass is 271 g/mol.